The minimum Gasteiger partial charge on any atom is -0.156 e. The molecule has 0 spiro atoms. The lowest BCUT2D eigenvalue weighted by Gasteiger charge is -1.85. The lowest BCUT2D eigenvalue weighted by Crippen LogP contribution is -1.64. The van der Waals surface area contributed by atoms with E-state index in [0.717, 1.165) is 11.4 Å². The molecular weight excluding hydrogens is 112 g/mol. The molecule has 50 valence electrons. The molecule has 0 aliphatic heterocycles. The van der Waals surface area contributed by atoms with Gasteiger partial charge in [-0.3, -0.25) is 0 Å². The van der Waals surface area contributed by atoms with Gasteiger partial charge in [0, 0.05) is 0 Å². The van der Waals surface area contributed by atoms with Crippen molar-refractivity contribution in [1.82, 2.24) is 0 Å². The van der Waals surface area contributed by atoms with Crippen LogP contribution in [-0.2, 0) is 0 Å². The largest absolute Gasteiger partial charge is 0.156 e. The monoisotopic (exact) mass is 124 g/mol. The minimum atomic E-state index is 0.733. The van der Waals surface area contributed by atoms with E-state index in [1.807, 2.05) is 26.8 Å². The van der Waals surface area contributed by atoms with Gasteiger partial charge in [0.05, 0.1) is 11.4 Å². The molecule has 0 unspecified atom stereocenters. The summed E-state index contributed by atoms with van der Waals surface area (Å²) in [5, 5.41) is 7.59. The summed E-state index contributed by atoms with van der Waals surface area (Å²) < 4.78 is 0. The molecule has 9 heavy (non-hydrogen) atoms. The molecule has 2 heteroatoms. The average molecular weight is 124 g/mol. The fourth-order valence-corrected chi connectivity index (χ4v) is 0.222. The number of nitrogens with zero attached hydrogens (tertiary/aromatic N) is 2. The Labute approximate surface area is 56.0 Å². The van der Waals surface area contributed by atoms with E-state index in [1.165, 1.54) is 0 Å². The van der Waals surface area contributed by atoms with Crippen LogP contribution >= 0.6 is 0 Å². The van der Waals surface area contributed by atoms with Gasteiger partial charge in [-0.15, -0.1) is 0 Å². The van der Waals surface area contributed by atoms with Crippen molar-refractivity contribution in [2.45, 2.75) is 20.8 Å². The Morgan fingerprint density at radius 3 is 2.22 bits per heavy atom. The fourth-order valence-electron chi connectivity index (χ4n) is 0.222. The van der Waals surface area contributed by atoms with Crippen LogP contribution in [0.3, 0.4) is 0 Å². The molecule has 0 amide bonds. The number of hydrogen-bond donors (Lipinski definition) is 0. The molecule has 0 aromatic rings. The Kier molecular flexibility index (Phi) is 3.60. The summed E-state index contributed by atoms with van der Waals surface area (Å²) in [6.07, 6.45) is 1.90. The SMILES string of the molecule is C=C(C)/N=N\C(C)=C/C. The van der Waals surface area contributed by atoms with E-state index in [2.05, 4.69) is 16.8 Å². The summed E-state index contributed by atoms with van der Waals surface area (Å²) in [7, 11) is 0. The zero-order valence-electron chi connectivity index (χ0n) is 6.18. The van der Waals surface area contributed by atoms with Crippen molar-refractivity contribution in [3.63, 3.8) is 0 Å². The Bertz CT molecular complexity index is 154. The summed E-state index contributed by atoms with van der Waals surface area (Å²) >= 11 is 0. The molecular formula is C7H12N2. The highest BCUT2D eigenvalue weighted by atomic mass is 15.1. The maximum Gasteiger partial charge on any atom is 0.0557 e. The first-order chi connectivity index (χ1) is 4.16. The Balaban J connectivity index is 3.86. The van der Waals surface area contributed by atoms with Gasteiger partial charge in [0.1, 0.15) is 0 Å². The maximum atomic E-state index is 3.83. The standard InChI is InChI=1S/C7H12N2/c1-5-7(4)9-8-6(2)3/h5H,2H2,1,3-4H3/b7-5-,9-8-. The maximum absolute atomic E-state index is 3.83. The fraction of sp³-hybridized carbons (Fsp3) is 0.429. The summed E-state index contributed by atoms with van der Waals surface area (Å²) in [6, 6.07) is 0. The lowest BCUT2D eigenvalue weighted by atomic mass is 10.5. The van der Waals surface area contributed by atoms with Crippen LogP contribution in [0.25, 0.3) is 0 Å². The third-order valence-corrected chi connectivity index (χ3v) is 0.796. The van der Waals surface area contributed by atoms with Gasteiger partial charge in [-0.25, -0.2) is 0 Å². The topological polar surface area (TPSA) is 24.7 Å². The second-order valence-corrected chi connectivity index (χ2v) is 1.87. The first kappa shape index (κ1) is 8.08. The molecule has 2 nitrogen and oxygen atoms in total. The molecule has 0 atom stereocenters. The molecule has 0 heterocycles. The summed E-state index contributed by atoms with van der Waals surface area (Å²) in [5.41, 5.74) is 1.65. The van der Waals surface area contributed by atoms with Gasteiger partial charge in [0.25, 0.3) is 0 Å². The third-order valence-electron chi connectivity index (χ3n) is 0.796. The van der Waals surface area contributed by atoms with Crippen LogP contribution in [-0.4, -0.2) is 0 Å². The quantitative estimate of drug-likeness (QED) is 0.506. The van der Waals surface area contributed by atoms with Gasteiger partial charge < -0.3 is 0 Å². The summed E-state index contributed by atoms with van der Waals surface area (Å²) in [6.45, 7) is 9.20. The molecule has 0 fully saturated rings. The molecule has 0 aliphatic rings. The molecule has 0 aromatic carbocycles. The van der Waals surface area contributed by atoms with Gasteiger partial charge in [-0.05, 0) is 20.8 Å². The van der Waals surface area contributed by atoms with Crippen molar-refractivity contribution >= 4 is 0 Å². The number of rotatable bonds is 2. The highest BCUT2D eigenvalue weighted by Gasteiger charge is 1.78. The molecule has 0 aromatic heterocycles. The van der Waals surface area contributed by atoms with Crippen molar-refractivity contribution in [2.24, 2.45) is 10.2 Å². The molecule has 0 N–H and O–H groups in total. The van der Waals surface area contributed by atoms with E-state index < -0.39 is 0 Å². The molecule has 0 saturated heterocycles. The molecule has 0 bridgehead atoms. The third kappa shape index (κ3) is 4.94. The molecule has 0 saturated carbocycles. The van der Waals surface area contributed by atoms with Crippen molar-refractivity contribution in [1.29, 1.82) is 0 Å². The van der Waals surface area contributed by atoms with Crippen LogP contribution in [0.1, 0.15) is 20.8 Å². The van der Waals surface area contributed by atoms with Crippen molar-refractivity contribution in [2.75, 3.05) is 0 Å². The molecule has 0 rings (SSSR count). The van der Waals surface area contributed by atoms with E-state index >= 15 is 0 Å². The highest BCUT2D eigenvalue weighted by Crippen LogP contribution is 1.98. The van der Waals surface area contributed by atoms with Crippen molar-refractivity contribution < 1.29 is 0 Å². The van der Waals surface area contributed by atoms with Gasteiger partial charge in [0.2, 0.25) is 0 Å². The van der Waals surface area contributed by atoms with Crippen LogP contribution in [0.15, 0.2) is 34.3 Å². The van der Waals surface area contributed by atoms with Crippen LogP contribution in [0.4, 0.5) is 0 Å². The van der Waals surface area contributed by atoms with Gasteiger partial charge in [0.15, 0.2) is 0 Å². The Morgan fingerprint density at radius 1 is 1.33 bits per heavy atom. The van der Waals surface area contributed by atoms with Crippen LogP contribution in [0.5, 0.6) is 0 Å². The average Bonchev–Trinajstić information content (AvgIpc) is 1.83. The predicted octanol–water partition coefficient (Wildman–Crippen LogP) is 2.90. The highest BCUT2D eigenvalue weighted by molar-refractivity contribution is 4.93. The van der Waals surface area contributed by atoms with Crippen LogP contribution in [0.2, 0.25) is 0 Å². The zero-order valence-corrected chi connectivity index (χ0v) is 6.18. The smallest absolute Gasteiger partial charge is 0.0557 e. The van der Waals surface area contributed by atoms with E-state index in [0.29, 0.717) is 0 Å². The van der Waals surface area contributed by atoms with Gasteiger partial charge in [-0.2, -0.15) is 10.2 Å². The number of allylic oxidation sites excluding steroid dienone is 3. The summed E-state index contributed by atoms with van der Waals surface area (Å²) in [4.78, 5) is 0. The Hall–Kier alpha value is -0.920. The number of azo groups is 1. The number of hydrogen-bond acceptors (Lipinski definition) is 2. The molecule has 0 aliphatic carbocycles. The lowest BCUT2D eigenvalue weighted by molar-refractivity contribution is 1.06. The van der Waals surface area contributed by atoms with Crippen LogP contribution in [0, 0.1) is 0 Å². The normalized spacial score (nSPS) is 12.6. The second kappa shape index (κ2) is 4.01. The predicted molar refractivity (Wildman–Crippen MR) is 39.1 cm³/mol. The zero-order chi connectivity index (χ0) is 7.28. The van der Waals surface area contributed by atoms with Crippen molar-refractivity contribution in [3.8, 4) is 0 Å². The van der Waals surface area contributed by atoms with E-state index in [1.54, 1.807) is 0 Å². The summed E-state index contributed by atoms with van der Waals surface area (Å²) in [5.74, 6) is 0. The van der Waals surface area contributed by atoms with Gasteiger partial charge >= 0.3 is 0 Å². The van der Waals surface area contributed by atoms with E-state index in [-0.39, 0.29) is 0 Å². The second-order valence-electron chi connectivity index (χ2n) is 1.87. The Morgan fingerprint density at radius 2 is 1.89 bits per heavy atom. The van der Waals surface area contributed by atoms with E-state index in [4.69, 9.17) is 0 Å². The van der Waals surface area contributed by atoms with Crippen molar-refractivity contribution in [3.05, 3.63) is 24.0 Å². The van der Waals surface area contributed by atoms with Gasteiger partial charge in [-0.1, -0.05) is 12.7 Å². The van der Waals surface area contributed by atoms with E-state index in [9.17, 15) is 0 Å². The first-order valence-corrected chi connectivity index (χ1v) is 2.87. The minimum absolute atomic E-state index is 0.733. The van der Waals surface area contributed by atoms with Crippen LogP contribution < -0.4 is 0 Å². The first-order valence-electron chi connectivity index (χ1n) is 2.87. The molecule has 0 radical (unpaired) electrons.